The Balaban J connectivity index is 0.000000527. The summed E-state index contributed by atoms with van der Waals surface area (Å²) in [6, 6.07) is 21.6. The van der Waals surface area contributed by atoms with Gasteiger partial charge >= 0.3 is 11.9 Å². The summed E-state index contributed by atoms with van der Waals surface area (Å²) in [5, 5.41) is 14.8. The lowest BCUT2D eigenvalue weighted by molar-refractivity contribution is -0.159. The van der Waals surface area contributed by atoms with Gasteiger partial charge in [0, 0.05) is 0 Å². The second kappa shape index (κ2) is 13.5. The van der Waals surface area contributed by atoms with Crippen LogP contribution >= 0.6 is 0 Å². The minimum absolute atomic E-state index is 1.16. The lowest BCUT2D eigenvalue weighted by Crippen LogP contribution is -2.26. The molecule has 27 heavy (non-hydrogen) atoms. The highest BCUT2D eigenvalue weighted by Crippen LogP contribution is 2.06. The number of hydrogen-bond acceptors (Lipinski definition) is 3. The molecule has 0 aliphatic heterocycles. The lowest BCUT2D eigenvalue weighted by Gasteiger charge is -2.20. The van der Waals surface area contributed by atoms with Gasteiger partial charge in [0.2, 0.25) is 0 Å². The van der Waals surface area contributed by atoms with Crippen molar-refractivity contribution in [2.45, 2.75) is 32.6 Å². The molecule has 0 fully saturated rings. The summed E-state index contributed by atoms with van der Waals surface area (Å²) < 4.78 is 0. The monoisotopic (exact) mass is 371 g/mol. The van der Waals surface area contributed by atoms with Crippen molar-refractivity contribution in [2.24, 2.45) is 0 Å². The Bertz CT molecular complexity index is 601. The van der Waals surface area contributed by atoms with Gasteiger partial charge in [0.25, 0.3) is 0 Å². The first-order valence-electron chi connectivity index (χ1n) is 9.29. The van der Waals surface area contributed by atoms with Crippen molar-refractivity contribution in [3.05, 3.63) is 71.8 Å². The molecular formula is C22H29NO4. The Labute approximate surface area is 161 Å². The standard InChI is InChI=1S/C20H27N.C2H2O4/c1-2-21(17-9-15-19-11-5-3-6-12-19)18-10-16-20-13-7-4-8-14-20;3-1(4)2(5)6/h3-8,11-14H,2,9-10,15-18H2,1H3;(H,3,4)(H,5,6). The fraction of sp³-hybridized carbons (Fsp3) is 0.364. The molecule has 0 saturated carbocycles. The molecule has 2 rings (SSSR count). The Morgan fingerprint density at radius 2 is 1.11 bits per heavy atom. The van der Waals surface area contributed by atoms with Crippen LogP contribution in [0.3, 0.4) is 0 Å². The molecule has 0 spiro atoms. The Morgan fingerprint density at radius 1 is 0.741 bits per heavy atom. The number of nitrogens with zero attached hydrogens (tertiary/aromatic N) is 1. The van der Waals surface area contributed by atoms with Crippen LogP contribution < -0.4 is 0 Å². The minimum atomic E-state index is -1.82. The zero-order valence-corrected chi connectivity index (χ0v) is 15.9. The maximum atomic E-state index is 9.10. The summed E-state index contributed by atoms with van der Waals surface area (Å²) in [5.74, 6) is -3.65. The first-order chi connectivity index (χ1) is 13.0. The molecule has 2 N–H and O–H groups in total. The van der Waals surface area contributed by atoms with Crippen LogP contribution in [0.15, 0.2) is 60.7 Å². The van der Waals surface area contributed by atoms with Crippen LogP contribution in [0.5, 0.6) is 0 Å². The van der Waals surface area contributed by atoms with Gasteiger partial charge in [-0.2, -0.15) is 0 Å². The van der Waals surface area contributed by atoms with E-state index in [-0.39, 0.29) is 0 Å². The van der Waals surface area contributed by atoms with Crippen LogP contribution in [0.4, 0.5) is 0 Å². The van der Waals surface area contributed by atoms with Gasteiger partial charge < -0.3 is 15.1 Å². The first kappa shape index (κ1) is 22.4. The average molecular weight is 371 g/mol. The fourth-order valence-electron chi connectivity index (χ4n) is 2.73. The van der Waals surface area contributed by atoms with Gasteiger partial charge in [-0.25, -0.2) is 9.59 Å². The van der Waals surface area contributed by atoms with Crippen molar-refractivity contribution < 1.29 is 19.8 Å². The van der Waals surface area contributed by atoms with E-state index in [1.54, 1.807) is 0 Å². The van der Waals surface area contributed by atoms with Crippen LogP contribution in [0.2, 0.25) is 0 Å². The molecule has 2 aromatic rings. The van der Waals surface area contributed by atoms with E-state index in [0.29, 0.717) is 0 Å². The van der Waals surface area contributed by atoms with Crippen molar-refractivity contribution in [1.82, 2.24) is 4.90 Å². The van der Waals surface area contributed by atoms with Gasteiger partial charge in [-0.1, -0.05) is 67.6 Å². The average Bonchev–Trinajstić information content (AvgIpc) is 2.69. The van der Waals surface area contributed by atoms with Gasteiger partial charge in [-0.05, 0) is 56.4 Å². The van der Waals surface area contributed by atoms with Gasteiger partial charge in [-0.15, -0.1) is 0 Å². The zero-order valence-electron chi connectivity index (χ0n) is 15.9. The molecule has 2 aromatic carbocycles. The van der Waals surface area contributed by atoms with Gasteiger partial charge in [-0.3, -0.25) is 0 Å². The highest BCUT2D eigenvalue weighted by atomic mass is 16.4. The Kier molecular flexibility index (Phi) is 11.2. The Hall–Kier alpha value is -2.66. The van der Waals surface area contributed by atoms with Gasteiger partial charge in [0.15, 0.2) is 0 Å². The van der Waals surface area contributed by atoms with Gasteiger partial charge in [0.1, 0.15) is 0 Å². The van der Waals surface area contributed by atoms with Gasteiger partial charge in [0.05, 0.1) is 0 Å². The number of carboxylic acid groups (broad SMARTS) is 2. The summed E-state index contributed by atoms with van der Waals surface area (Å²) in [7, 11) is 0. The molecule has 5 heteroatoms. The Morgan fingerprint density at radius 3 is 1.41 bits per heavy atom. The number of aliphatic carboxylic acids is 2. The molecule has 146 valence electrons. The van der Waals surface area contributed by atoms with E-state index in [2.05, 4.69) is 72.5 Å². The van der Waals surface area contributed by atoms with Crippen molar-refractivity contribution in [3.63, 3.8) is 0 Å². The highest BCUT2D eigenvalue weighted by molar-refractivity contribution is 6.27. The third kappa shape index (κ3) is 10.8. The molecule has 0 bridgehead atoms. The van der Waals surface area contributed by atoms with Crippen molar-refractivity contribution in [3.8, 4) is 0 Å². The largest absolute Gasteiger partial charge is 0.473 e. The molecule has 5 nitrogen and oxygen atoms in total. The van der Waals surface area contributed by atoms with Crippen molar-refractivity contribution in [1.29, 1.82) is 0 Å². The van der Waals surface area contributed by atoms with E-state index < -0.39 is 11.9 Å². The van der Waals surface area contributed by atoms with E-state index in [4.69, 9.17) is 19.8 Å². The third-order valence-corrected chi connectivity index (χ3v) is 4.20. The second-order valence-corrected chi connectivity index (χ2v) is 6.22. The van der Waals surface area contributed by atoms with Crippen molar-refractivity contribution >= 4 is 11.9 Å². The fourth-order valence-corrected chi connectivity index (χ4v) is 2.73. The van der Waals surface area contributed by atoms with Crippen LogP contribution in [-0.2, 0) is 22.4 Å². The molecule has 0 aromatic heterocycles. The number of rotatable bonds is 9. The zero-order chi connectivity index (χ0) is 19.9. The van der Waals surface area contributed by atoms with E-state index in [1.807, 2.05) is 0 Å². The molecule has 0 amide bonds. The second-order valence-electron chi connectivity index (χ2n) is 6.22. The van der Waals surface area contributed by atoms with E-state index in [0.717, 1.165) is 6.54 Å². The quantitative estimate of drug-likeness (QED) is 0.657. The summed E-state index contributed by atoms with van der Waals surface area (Å²) >= 11 is 0. The number of benzene rings is 2. The van der Waals surface area contributed by atoms with E-state index in [9.17, 15) is 0 Å². The SMILES string of the molecule is CCN(CCCc1ccccc1)CCCc1ccccc1.O=C(O)C(=O)O. The topological polar surface area (TPSA) is 77.8 Å². The van der Waals surface area contributed by atoms with Crippen LogP contribution in [0.25, 0.3) is 0 Å². The predicted octanol–water partition coefficient (Wildman–Crippen LogP) is 3.73. The molecule has 0 unspecified atom stereocenters. The molecule has 0 heterocycles. The lowest BCUT2D eigenvalue weighted by atomic mass is 10.1. The first-order valence-corrected chi connectivity index (χ1v) is 9.29. The van der Waals surface area contributed by atoms with Crippen LogP contribution in [0, 0.1) is 0 Å². The predicted molar refractivity (Wildman–Crippen MR) is 107 cm³/mol. The van der Waals surface area contributed by atoms with Crippen LogP contribution in [-0.4, -0.2) is 46.7 Å². The van der Waals surface area contributed by atoms with E-state index >= 15 is 0 Å². The minimum Gasteiger partial charge on any atom is -0.473 e. The molecule has 0 saturated heterocycles. The third-order valence-electron chi connectivity index (χ3n) is 4.20. The highest BCUT2D eigenvalue weighted by Gasteiger charge is 2.04. The normalized spacial score (nSPS) is 10.1. The number of aryl methyl sites for hydroxylation is 2. The molecular weight excluding hydrogens is 342 g/mol. The number of carboxylic acids is 2. The molecule has 0 aliphatic carbocycles. The maximum Gasteiger partial charge on any atom is 0.414 e. The summed E-state index contributed by atoms with van der Waals surface area (Å²) in [6.07, 6.45) is 4.89. The molecule has 0 atom stereocenters. The van der Waals surface area contributed by atoms with E-state index in [1.165, 1.54) is 49.9 Å². The summed E-state index contributed by atoms with van der Waals surface area (Å²) in [5.41, 5.74) is 2.91. The van der Waals surface area contributed by atoms with Crippen molar-refractivity contribution in [2.75, 3.05) is 19.6 Å². The number of carbonyl (C=O) groups is 2. The number of hydrogen-bond donors (Lipinski definition) is 2. The summed E-state index contributed by atoms with van der Waals surface area (Å²) in [4.78, 5) is 20.8. The molecule has 0 aliphatic rings. The smallest absolute Gasteiger partial charge is 0.414 e. The molecule has 0 radical (unpaired) electrons. The van der Waals surface area contributed by atoms with Crippen LogP contribution in [0.1, 0.15) is 30.9 Å². The maximum absolute atomic E-state index is 9.10. The summed E-state index contributed by atoms with van der Waals surface area (Å²) in [6.45, 7) is 5.84.